The molecule has 0 saturated carbocycles. The lowest BCUT2D eigenvalue weighted by Gasteiger charge is -2.15. The van der Waals surface area contributed by atoms with Gasteiger partial charge in [0.25, 0.3) is 11.6 Å². The zero-order valence-electron chi connectivity index (χ0n) is 12.9. The van der Waals surface area contributed by atoms with Gasteiger partial charge in [0.1, 0.15) is 5.75 Å². The smallest absolute Gasteiger partial charge is 0.416 e. The number of nitro benzene ring substituents is 1. The number of hydrogen-bond acceptors (Lipinski definition) is 4. The molecule has 0 saturated heterocycles. The number of nitrogens with one attached hydrogen (secondary N) is 1. The number of nitro groups is 1. The van der Waals surface area contributed by atoms with Crippen LogP contribution >= 0.6 is 0 Å². The molecule has 6 nitrogen and oxygen atoms in total. The van der Waals surface area contributed by atoms with Crippen molar-refractivity contribution >= 4 is 17.3 Å². The minimum absolute atomic E-state index is 0.116. The Hall–Kier alpha value is -3.10. The van der Waals surface area contributed by atoms with Gasteiger partial charge < -0.3 is 10.1 Å². The molecule has 0 bridgehead atoms. The summed E-state index contributed by atoms with van der Waals surface area (Å²) in [5, 5.41) is 13.0. The van der Waals surface area contributed by atoms with Crippen molar-refractivity contribution in [3.63, 3.8) is 0 Å². The molecule has 2 rings (SSSR count). The molecule has 2 aromatic carbocycles. The number of carbonyl (C=O) groups excluding carboxylic acids is 1. The topological polar surface area (TPSA) is 81.5 Å². The van der Waals surface area contributed by atoms with Gasteiger partial charge in [-0.05, 0) is 43.3 Å². The van der Waals surface area contributed by atoms with E-state index in [0.717, 1.165) is 24.3 Å². The molecule has 0 spiro atoms. The number of rotatable bonds is 5. The van der Waals surface area contributed by atoms with Gasteiger partial charge in [-0.2, -0.15) is 13.2 Å². The van der Waals surface area contributed by atoms with Crippen LogP contribution in [-0.2, 0) is 11.0 Å². The van der Waals surface area contributed by atoms with E-state index in [0.29, 0.717) is 0 Å². The second-order valence-electron chi connectivity index (χ2n) is 5.08. The second-order valence-corrected chi connectivity index (χ2v) is 5.08. The van der Waals surface area contributed by atoms with E-state index in [1.807, 2.05) is 0 Å². The molecule has 0 radical (unpaired) electrons. The summed E-state index contributed by atoms with van der Waals surface area (Å²) >= 11 is 0. The molecular formula is C16H13F3N2O4. The normalized spacial score (nSPS) is 12.3. The lowest BCUT2D eigenvalue weighted by Crippen LogP contribution is -2.30. The maximum Gasteiger partial charge on any atom is 0.416 e. The first-order valence-corrected chi connectivity index (χ1v) is 7.06. The van der Waals surface area contributed by atoms with E-state index in [1.54, 1.807) is 0 Å². The number of nitrogens with zero attached hydrogens (tertiary/aromatic N) is 1. The Labute approximate surface area is 140 Å². The van der Waals surface area contributed by atoms with E-state index in [1.165, 1.54) is 31.2 Å². The molecule has 1 unspecified atom stereocenters. The Bertz CT molecular complexity index is 758. The van der Waals surface area contributed by atoms with Gasteiger partial charge >= 0.3 is 6.18 Å². The molecule has 1 amide bonds. The van der Waals surface area contributed by atoms with Crippen LogP contribution in [0.25, 0.3) is 0 Å². The predicted molar refractivity (Wildman–Crippen MR) is 83.3 cm³/mol. The number of halogens is 3. The van der Waals surface area contributed by atoms with Gasteiger partial charge in [-0.3, -0.25) is 14.9 Å². The van der Waals surface area contributed by atoms with Crippen molar-refractivity contribution in [2.45, 2.75) is 19.2 Å². The number of ether oxygens (including phenoxy) is 1. The van der Waals surface area contributed by atoms with Gasteiger partial charge in [0, 0.05) is 17.8 Å². The molecule has 0 aromatic heterocycles. The lowest BCUT2D eigenvalue weighted by molar-refractivity contribution is -0.384. The van der Waals surface area contributed by atoms with Crippen LogP contribution in [0.5, 0.6) is 5.75 Å². The summed E-state index contributed by atoms with van der Waals surface area (Å²) in [6, 6.07) is 9.15. The van der Waals surface area contributed by atoms with E-state index < -0.39 is 28.7 Å². The third-order valence-corrected chi connectivity index (χ3v) is 3.21. The predicted octanol–water partition coefficient (Wildman–Crippen LogP) is 4.02. The van der Waals surface area contributed by atoms with Crippen molar-refractivity contribution in [1.82, 2.24) is 0 Å². The minimum atomic E-state index is -4.45. The average Bonchev–Trinajstić information content (AvgIpc) is 2.55. The molecule has 0 aliphatic rings. The lowest BCUT2D eigenvalue weighted by atomic mass is 10.2. The summed E-state index contributed by atoms with van der Waals surface area (Å²) in [6.45, 7) is 1.45. The maximum atomic E-state index is 12.5. The van der Waals surface area contributed by atoms with Crippen molar-refractivity contribution < 1.29 is 27.6 Å². The van der Waals surface area contributed by atoms with E-state index >= 15 is 0 Å². The molecule has 9 heteroatoms. The van der Waals surface area contributed by atoms with E-state index in [2.05, 4.69) is 5.32 Å². The minimum Gasteiger partial charge on any atom is -0.481 e. The largest absolute Gasteiger partial charge is 0.481 e. The highest BCUT2D eigenvalue weighted by molar-refractivity contribution is 5.94. The average molecular weight is 354 g/mol. The number of benzene rings is 2. The maximum absolute atomic E-state index is 12.5. The SMILES string of the molecule is CC(Oc1ccc([N+](=O)[O-])cc1)C(=O)Nc1ccc(C(F)(F)F)cc1. The Balaban J connectivity index is 1.97. The van der Waals surface area contributed by atoms with Crippen LogP contribution in [0, 0.1) is 10.1 Å². The highest BCUT2D eigenvalue weighted by Crippen LogP contribution is 2.29. The molecule has 1 atom stereocenters. The first kappa shape index (κ1) is 18.2. The fraction of sp³-hybridized carbons (Fsp3) is 0.188. The number of carbonyl (C=O) groups is 1. The Morgan fingerprint density at radius 3 is 2.16 bits per heavy atom. The standard InChI is InChI=1S/C16H13F3N2O4/c1-10(25-14-8-6-13(7-9-14)21(23)24)15(22)20-12-4-2-11(3-5-12)16(17,18)19/h2-10H,1H3,(H,20,22). The zero-order chi connectivity index (χ0) is 18.6. The fourth-order valence-corrected chi connectivity index (χ4v) is 1.89. The molecule has 2 aromatic rings. The zero-order valence-corrected chi connectivity index (χ0v) is 12.9. The van der Waals surface area contributed by atoms with Crippen molar-refractivity contribution in [3.05, 3.63) is 64.2 Å². The summed E-state index contributed by atoms with van der Waals surface area (Å²) in [5.74, 6) is -0.321. The van der Waals surface area contributed by atoms with Gasteiger partial charge in [0.05, 0.1) is 10.5 Å². The van der Waals surface area contributed by atoms with Crippen LogP contribution in [0.1, 0.15) is 12.5 Å². The van der Waals surface area contributed by atoms with Crippen molar-refractivity contribution in [3.8, 4) is 5.75 Å². The molecule has 0 fully saturated rings. The van der Waals surface area contributed by atoms with Crippen LogP contribution in [0.15, 0.2) is 48.5 Å². The van der Waals surface area contributed by atoms with Gasteiger partial charge in [-0.15, -0.1) is 0 Å². The van der Waals surface area contributed by atoms with Crippen molar-refractivity contribution in [2.75, 3.05) is 5.32 Å². The van der Waals surface area contributed by atoms with Crippen molar-refractivity contribution in [2.24, 2.45) is 0 Å². The number of amides is 1. The molecule has 25 heavy (non-hydrogen) atoms. The molecule has 0 heterocycles. The number of anilines is 1. The van der Waals surface area contributed by atoms with Crippen LogP contribution in [0.2, 0.25) is 0 Å². The van der Waals surface area contributed by atoms with E-state index in [9.17, 15) is 28.1 Å². The Morgan fingerprint density at radius 1 is 1.12 bits per heavy atom. The van der Waals surface area contributed by atoms with Gasteiger partial charge in [0.15, 0.2) is 6.10 Å². The Morgan fingerprint density at radius 2 is 1.68 bits per heavy atom. The van der Waals surface area contributed by atoms with Crippen molar-refractivity contribution in [1.29, 1.82) is 0 Å². The summed E-state index contributed by atoms with van der Waals surface area (Å²) in [7, 11) is 0. The third-order valence-electron chi connectivity index (χ3n) is 3.21. The molecule has 1 N–H and O–H groups in total. The highest BCUT2D eigenvalue weighted by atomic mass is 19.4. The third kappa shape index (κ3) is 4.93. The number of non-ortho nitro benzene ring substituents is 1. The first-order chi connectivity index (χ1) is 11.7. The number of hydrogen-bond donors (Lipinski definition) is 1. The summed E-state index contributed by atoms with van der Waals surface area (Å²) in [4.78, 5) is 22.0. The highest BCUT2D eigenvalue weighted by Gasteiger charge is 2.30. The molecular weight excluding hydrogens is 341 g/mol. The van der Waals surface area contributed by atoms with Crippen LogP contribution in [-0.4, -0.2) is 16.9 Å². The fourth-order valence-electron chi connectivity index (χ4n) is 1.89. The molecule has 0 aliphatic heterocycles. The monoisotopic (exact) mass is 354 g/mol. The molecule has 0 aliphatic carbocycles. The summed E-state index contributed by atoms with van der Waals surface area (Å²) < 4.78 is 42.8. The van der Waals surface area contributed by atoms with Crippen LogP contribution < -0.4 is 10.1 Å². The van der Waals surface area contributed by atoms with E-state index in [4.69, 9.17) is 4.74 Å². The first-order valence-electron chi connectivity index (χ1n) is 7.06. The quantitative estimate of drug-likeness (QED) is 0.649. The molecule has 132 valence electrons. The van der Waals surface area contributed by atoms with Gasteiger partial charge in [-0.25, -0.2) is 0 Å². The van der Waals surface area contributed by atoms with Crippen LogP contribution in [0.3, 0.4) is 0 Å². The number of alkyl halides is 3. The summed E-state index contributed by atoms with van der Waals surface area (Å²) in [6.07, 6.45) is -5.40. The van der Waals surface area contributed by atoms with Crippen LogP contribution in [0.4, 0.5) is 24.5 Å². The van der Waals surface area contributed by atoms with Gasteiger partial charge in [-0.1, -0.05) is 0 Å². The van der Waals surface area contributed by atoms with Gasteiger partial charge in [0.2, 0.25) is 0 Å². The second kappa shape index (κ2) is 7.20. The van der Waals surface area contributed by atoms with E-state index in [-0.39, 0.29) is 17.1 Å². The Kier molecular flexibility index (Phi) is 5.26. The summed E-state index contributed by atoms with van der Waals surface area (Å²) in [5.41, 5.74) is -0.743.